The van der Waals surface area contributed by atoms with E-state index >= 15 is 0 Å². The molecule has 2 aliphatic carbocycles. The van der Waals surface area contributed by atoms with Crippen LogP contribution in [-0.4, -0.2) is 17.0 Å². The number of hydrogen-bond donors (Lipinski definition) is 3. The van der Waals surface area contributed by atoms with Crippen LogP contribution in [0.25, 0.3) is 0 Å². The Labute approximate surface area is 182 Å². The maximum absolute atomic E-state index is 14.0. The highest BCUT2D eigenvalue weighted by Gasteiger charge is 2.52. The highest BCUT2D eigenvalue weighted by molar-refractivity contribution is 8.00. The molecule has 0 radical (unpaired) electrons. The van der Waals surface area contributed by atoms with Crippen molar-refractivity contribution in [1.29, 1.82) is 0 Å². The molecule has 0 spiro atoms. The van der Waals surface area contributed by atoms with Crippen molar-refractivity contribution in [3.05, 3.63) is 77.4 Å². The fourth-order valence-electron chi connectivity index (χ4n) is 3.50. The highest BCUT2D eigenvalue weighted by atomic mass is 32.2. The monoisotopic (exact) mass is 442 g/mol. The fraction of sp³-hybridized carbons (Fsp3) is 0.217. The number of halogens is 2. The van der Waals surface area contributed by atoms with Crippen LogP contribution in [0, 0.1) is 17.0 Å². The van der Waals surface area contributed by atoms with E-state index in [-0.39, 0.29) is 11.6 Å². The van der Waals surface area contributed by atoms with Crippen molar-refractivity contribution >= 4 is 35.2 Å². The number of nitrogens with one attached hydrogen (secondary N) is 2. The number of carbonyl (C=O) groups excluding carboxylic acids is 1. The average Bonchev–Trinajstić information content (AvgIpc) is 3.58. The summed E-state index contributed by atoms with van der Waals surface area (Å²) in [6, 6.07) is 8.42. The van der Waals surface area contributed by atoms with Crippen molar-refractivity contribution in [2.45, 2.75) is 30.6 Å². The molecule has 1 saturated carbocycles. The normalized spacial score (nSPS) is 16.4. The summed E-state index contributed by atoms with van der Waals surface area (Å²) in [6.07, 6.45) is 9.95. The van der Waals surface area contributed by atoms with E-state index in [9.17, 15) is 18.4 Å². The molecule has 0 heterocycles. The van der Waals surface area contributed by atoms with Crippen LogP contribution < -0.4 is 10.0 Å². The van der Waals surface area contributed by atoms with Crippen molar-refractivity contribution in [2.75, 3.05) is 10.0 Å². The third-order valence-corrected chi connectivity index (χ3v) is 6.24. The molecule has 0 atom stereocenters. The van der Waals surface area contributed by atoms with E-state index in [0.717, 1.165) is 49.3 Å². The lowest BCUT2D eigenvalue weighted by molar-refractivity contribution is -0.119. The summed E-state index contributed by atoms with van der Waals surface area (Å²) >= 11 is 1.04. The molecule has 2 aliphatic rings. The number of amides is 1. The number of aromatic carboxylic acids is 1. The third kappa shape index (κ3) is 4.49. The van der Waals surface area contributed by atoms with Gasteiger partial charge >= 0.3 is 5.97 Å². The van der Waals surface area contributed by atoms with E-state index in [2.05, 4.69) is 22.2 Å². The minimum atomic E-state index is -1.53. The Balaban J connectivity index is 1.37. The van der Waals surface area contributed by atoms with Gasteiger partial charge in [0.05, 0.1) is 16.7 Å². The van der Waals surface area contributed by atoms with Crippen LogP contribution in [0.15, 0.2) is 65.1 Å². The molecule has 1 fully saturated rings. The predicted octanol–water partition coefficient (Wildman–Crippen LogP) is 5.78. The summed E-state index contributed by atoms with van der Waals surface area (Å²) in [7, 11) is 0. The number of hydrogen-bond acceptors (Lipinski definition) is 4. The topological polar surface area (TPSA) is 78.4 Å². The van der Waals surface area contributed by atoms with Gasteiger partial charge < -0.3 is 15.1 Å². The van der Waals surface area contributed by atoms with Gasteiger partial charge in [0.1, 0.15) is 11.6 Å². The lowest BCUT2D eigenvalue weighted by Gasteiger charge is -2.19. The minimum absolute atomic E-state index is 0.0140. The van der Waals surface area contributed by atoms with Gasteiger partial charge in [0.2, 0.25) is 5.91 Å². The van der Waals surface area contributed by atoms with Gasteiger partial charge in [-0.3, -0.25) is 4.79 Å². The molecule has 1 amide bonds. The van der Waals surface area contributed by atoms with Gasteiger partial charge in [-0.2, -0.15) is 0 Å². The maximum Gasteiger partial charge on any atom is 0.338 e. The molecule has 2 aromatic rings. The summed E-state index contributed by atoms with van der Waals surface area (Å²) in [5.74, 6) is -3.43. The summed E-state index contributed by atoms with van der Waals surface area (Å²) in [5.41, 5.74) is 0.450. The van der Waals surface area contributed by atoms with Gasteiger partial charge in [-0.15, -0.1) is 0 Å². The lowest BCUT2D eigenvalue weighted by Crippen LogP contribution is -2.25. The molecular formula is C23H20F2N2O3S. The number of allylic oxidation sites excluding steroid dienone is 3. The maximum atomic E-state index is 14.0. The Hall–Kier alpha value is -3.13. The molecule has 31 heavy (non-hydrogen) atoms. The van der Waals surface area contributed by atoms with E-state index in [1.165, 1.54) is 0 Å². The molecule has 3 N–H and O–H groups in total. The number of benzene rings is 2. The Morgan fingerprint density at radius 3 is 2.39 bits per heavy atom. The van der Waals surface area contributed by atoms with Crippen LogP contribution in [0.5, 0.6) is 0 Å². The average molecular weight is 442 g/mol. The zero-order valence-corrected chi connectivity index (χ0v) is 17.3. The van der Waals surface area contributed by atoms with Crippen molar-refractivity contribution in [3.8, 4) is 0 Å². The Morgan fingerprint density at radius 1 is 1.03 bits per heavy atom. The second kappa shape index (κ2) is 8.55. The van der Waals surface area contributed by atoms with Crippen LogP contribution in [-0.2, 0) is 4.79 Å². The fourth-order valence-corrected chi connectivity index (χ4v) is 4.16. The van der Waals surface area contributed by atoms with Gasteiger partial charge in [-0.05, 0) is 73.5 Å². The SMILES string of the molecule is O=C(O)c1cc(F)c(NSc2ccc(NC(=O)C3(C4=CCCC=C4)CC3)cc2)cc1F. The minimum Gasteiger partial charge on any atom is -0.478 e. The van der Waals surface area contributed by atoms with Gasteiger partial charge in [0, 0.05) is 16.6 Å². The van der Waals surface area contributed by atoms with E-state index in [0.29, 0.717) is 16.6 Å². The van der Waals surface area contributed by atoms with Crippen LogP contribution >= 0.6 is 11.9 Å². The first-order valence-electron chi connectivity index (χ1n) is 9.83. The number of carboxylic acids is 1. The second-order valence-electron chi connectivity index (χ2n) is 7.52. The Bertz CT molecular complexity index is 1090. The molecule has 0 unspecified atom stereocenters. The first-order chi connectivity index (χ1) is 14.9. The first-order valence-corrected chi connectivity index (χ1v) is 10.6. The number of carboxylic acid groups (broad SMARTS) is 1. The standard InChI is InChI=1S/C23H20F2N2O3S/c24-18-13-20(19(25)12-17(18)21(28)29)27-31-16-8-6-15(7-9-16)26-22(30)23(10-11-23)14-4-2-1-3-5-14/h2,4-9,12-13,27H,1,3,10-11H2,(H,26,30)(H,28,29). The van der Waals surface area contributed by atoms with Crippen molar-refractivity contribution in [1.82, 2.24) is 0 Å². The lowest BCUT2D eigenvalue weighted by atomic mass is 9.90. The molecule has 4 rings (SSSR count). The molecule has 8 heteroatoms. The largest absolute Gasteiger partial charge is 0.478 e. The number of anilines is 2. The van der Waals surface area contributed by atoms with Crippen LogP contribution in [0.3, 0.4) is 0 Å². The second-order valence-corrected chi connectivity index (χ2v) is 8.40. The zero-order chi connectivity index (χ0) is 22.0. The van der Waals surface area contributed by atoms with Crippen molar-refractivity contribution in [3.63, 3.8) is 0 Å². The molecule has 0 saturated heterocycles. The molecule has 2 aromatic carbocycles. The molecule has 0 aliphatic heterocycles. The van der Waals surface area contributed by atoms with E-state index < -0.39 is 28.6 Å². The summed E-state index contributed by atoms with van der Waals surface area (Å²) in [4.78, 5) is 24.4. The summed E-state index contributed by atoms with van der Waals surface area (Å²) in [5, 5.41) is 11.8. The smallest absolute Gasteiger partial charge is 0.338 e. The predicted molar refractivity (Wildman–Crippen MR) is 116 cm³/mol. The van der Waals surface area contributed by atoms with Gasteiger partial charge in [-0.25, -0.2) is 13.6 Å². The quantitative estimate of drug-likeness (QED) is 0.474. The van der Waals surface area contributed by atoms with Gasteiger partial charge in [-0.1, -0.05) is 18.2 Å². The van der Waals surface area contributed by atoms with Crippen LogP contribution in [0.2, 0.25) is 0 Å². The molecule has 0 bridgehead atoms. The summed E-state index contributed by atoms with van der Waals surface area (Å²) < 4.78 is 30.5. The molecule has 160 valence electrons. The van der Waals surface area contributed by atoms with Crippen molar-refractivity contribution < 1.29 is 23.5 Å². The zero-order valence-electron chi connectivity index (χ0n) is 16.5. The molecule has 5 nitrogen and oxygen atoms in total. The van der Waals surface area contributed by atoms with E-state index in [1.54, 1.807) is 24.3 Å². The van der Waals surface area contributed by atoms with Crippen molar-refractivity contribution in [2.24, 2.45) is 5.41 Å². The Morgan fingerprint density at radius 2 is 1.77 bits per heavy atom. The van der Waals surface area contributed by atoms with Crippen LogP contribution in [0.1, 0.15) is 36.0 Å². The first kappa shape index (κ1) is 21.1. The Kier molecular flexibility index (Phi) is 5.82. The van der Waals surface area contributed by atoms with E-state index in [1.807, 2.05) is 6.08 Å². The third-order valence-electron chi connectivity index (χ3n) is 5.41. The number of carbonyl (C=O) groups is 2. The molecule has 0 aromatic heterocycles. The molecular weight excluding hydrogens is 422 g/mol. The number of rotatable bonds is 7. The summed E-state index contributed by atoms with van der Waals surface area (Å²) in [6.45, 7) is 0. The van der Waals surface area contributed by atoms with E-state index in [4.69, 9.17) is 5.11 Å². The van der Waals surface area contributed by atoms with Gasteiger partial charge in [0.25, 0.3) is 0 Å². The van der Waals surface area contributed by atoms with Crippen LogP contribution in [0.4, 0.5) is 20.2 Å². The van der Waals surface area contributed by atoms with Gasteiger partial charge in [0.15, 0.2) is 0 Å². The highest BCUT2D eigenvalue weighted by Crippen LogP contribution is 2.53.